The Kier molecular flexibility index (Phi) is 5.61. The van der Waals surface area contributed by atoms with Crippen LogP contribution >= 0.6 is 0 Å². The van der Waals surface area contributed by atoms with E-state index in [9.17, 15) is 9.18 Å². The third-order valence-corrected chi connectivity index (χ3v) is 4.11. The van der Waals surface area contributed by atoms with E-state index in [0.29, 0.717) is 11.3 Å². The number of pyridine rings is 1. The largest absolute Gasteiger partial charge is 0.453 e. The number of carbonyl (C=O) groups excluding carboxylic acids is 1. The molecule has 0 aliphatic heterocycles. The van der Waals surface area contributed by atoms with E-state index in [2.05, 4.69) is 10.3 Å². The van der Waals surface area contributed by atoms with Crippen molar-refractivity contribution in [3.63, 3.8) is 0 Å². The Labute approximate surface area is 157 Å². The van der Waals surface area contributed by atoms with Crippen molar-refractivity contribution in [3.05, 3.63) is 89.5 Å². The van der Waals surface area contributed by atoms with Crippen molar-refractivity contribution in [2.24, 2.45) is 0 Å². The monoisotopic (exact) mass is 362 g/mol. The van der Waals surface area contributed by atoms with Crippen LogP contribution in [0.25, 0.3) is 6.08 Å². The van der Waals surface area contributed by atoms with Gasteiger partial charge in [0.1, 0.15) is 5.75 Å². The second-order valence-corrected chi connectivity index (χ2v) is 6.05. The molecule has 0 spiro atoms. The molecule has 136 valence electrons. The van der Waals surface area contributed by atoms with Gasteiger partial charge in [-0.1, -0.05) is 18.2 Å². The number of hydrogen-bond donors (Lipinski definition) is 1. The molecule has 27 heavy (non-hydrogen) atoms. The highest BCUT2D eigenvalue weighted by Gasteiger charge is 2.06. The van der Waals surface area contributed by atoms with Crippen LogP contribution in [0.2, 0.25) is 0 Å². The summed E-state index contributed by atoms with van der Waals surface area (Å²) >= 11 is 0. The van der Waals surface area contributed by atoms with Gasteiger partial charge in [0.2, 0.25) is 5.91 Å². The quantitative estimate of drug-likeness (QED) is 0.628. The maximum Gasteiger partial charge on any atom is 0.248 e. The van der Waals surface area contributed by atoms with Crippen LogP contribution < -0.4 is 10.1 Å². The molecule has 0 unspecified atom stereocenters. The summed E-state index contributed by atoms with van der Waals surface area (Å²) in [6, 6.07) is 13.6. The Morgan fingerprint density at radius 2 is 2.00 bits per heavy atom. The molecule has 0 aliphatic carbocycles. The lowest BCUT2D eigenvalue weighted by Gasteiger charge is -2.08. The lowest BCUT2D eigenvalue weighted by Crippen LogP contribution is -2.09. The van der Waals surface area contributed by atoms with Gasteiger partial charge < -0.3 is 10.1 Å². The van der Waals surface area contributed by atoms with Crippen molar-refractivity contribution >= 4 is 17.7 Å². The van der Waals surface area contributed by atoms with Gasteiger partial charge in [-0.15, -0.1) is 0 Å². The van der Waals surface area contributed by atoms with Crippen LogP contribution in [0.5, 0.6) is 11.5 Å². The van der Waals surface area contributed by atoms with E-state index in [4.69, 9.17) is 4.74 Å². The highest BCUT2D eigenvalue weighted by Crippen LogP contribution is 2.25. The predicted octanol–water partition coefficient (Wildman–Crippen LogP) is 5.28. The third-order valence-electron chi connectivity index (χ3n) is 4.11. The van der Waals surface area contributed by atoms with Gasteiger partial charge in [-0.25, -0.2) is 4.39 Å². The van der Waals surface area contributed by atoms with E-state index in [0.717, 1.165) is 16.8 Å². The molecule has 0 bridgehead atoms. The Bertz CT molecular complexity index is 985. The van der Waals surface area contributed by atoms with Gasteiger partial charge in [0.25, 0.3) is 0 Å². The van der Waals surface area contributed by atoms with Gasteiger partial charge in [-0.3, -0.25) is 9.78 Å². The highest BCUT2D eigenvalue weighted by atomic mass is 19.1. The fourth-order valence-corrected chi connectivity index (χ4v) is 2.47. The van der Waals surface area contributed by atoms with E-state index >= 15 is 0 Å². The number of carbonyl (C=O) groups is 1. The zero-order valence-corrected chi connectivity index (χ0v) is 15.1. The van der Waals surface area contributed by atoms with Crippen LogP contribution in [-0.2, 0) is 4.79 Å². The van der Waals surface area contributed by atoms with Gasteiger partial charge in [0, 0.05) is 18.0 Å². The maximum atomic E-state index is 14.2. The van der Waals surface area contributed by atoms with Crippen LogP contribution in [0.1, 0.15) is 16.7 Å². The number of halogens is 1. The molecule has 1 N–H and O–H groups in total. The summed E-state index contributed by atoms with van der Waals surface area (Å²) in [6.07, 6.45) is 6.04. The van der Waals surface area contributed by atoms with Crippen LogP contribution in [-0.4, -0.2) is 10.9 Å². The molecule has 2 aromatic carbocycles. The van der Waals surface area contributed by atoms with E-state index < -0.39 is 5.82 Å². The molecule has 4 nitrogen and oxygen atoms in total. The number of nitrogens with one attached hydrogen (secondary N) is 1. The van der Waals surface area contributed by atoms with Crippen molar-refractivity contribution in [2.75, 3.05) is 5.32 Å². The second-order valence-electron chi connectivity index (χ2n) is 6.05. The van der Waals surface area contributed by atoms with E-state index in [1.807, 2.05) is 32.0 Å². The average molecular weight is 362 g/mol. The van der Waals surface area contributed by atoms with Crippen molar-refractivity contribution in [1.29, 1.82) is 0 Å². The number of aryl methyl sites for hydroxylation is 1. The van der Waals surface area contributed by atoms with Gasteiger partial charge in [0.15, 0.2) is 11.6 Å². The van der Waals surface area contributed by atoms with Crippen molar-refractivity contribution < 1.29 is 13.9 Å². The number of rotatable bonds is 5. The number of amides is 1. The molecule has 1 aromatic heterocycles. The first-order valence-corrected chi connectivity index (χ1v) is 8.45. The van der Waals surface area contributed by atoms with Gasteiger partial charge in [0.05, 0.1) is 6.20 Å². The molecule has 0 saturated heterocycles. The fourth-order valence-electron chi connectivity index (χ4n) is 2.47. The first-order chi connectivity index (χ1) is 13.0. The lowest BCUT2D eigenvalue weighted by atomic mass is 10.1. The van der Waals surface area contributed by atoms with E-state index in [1.54, 1.807) is 30.5 Å². The number of anilines is 1. The molecule has 0 atom stereocenters. The third kappa shape index (κ3) is 4.79. The molecule has 0 aliphatic rings. The molecule has 5 heteroatoms. The zero-order chi connectivity index (χ0) is 19.2. The molecular weight excluding hydrogens is 343 g/mol. The van der Waals surface area contributed by atoms with E-state index in [-0.39, 0.29) is 11.7 Å². The maximum absolute atomic E-state index is 14.2. The van der Waals surface area contributed by atoms with Crippen LogP contribution in [0, 0.1) is 19.7 Å². The summed E-state index contributed by atoms with van der Waals surface area (Å²) < 4.78 is 19.7. The van der Waals surface area contributed by atoms with Gasteiger partial charge in [-0.05, 0) is 66.9 Å². The molecule has 3 rings (SSSR count). The van der Waals surface area contributed by atoms with Gasteiger partial charge in [-0.2, -0.15) is 0 Å². The summed E-state index contributed by atoms with van der Waals surface area (Å²) in [6.45, 7) is 3.93. The smallest absolute Gasteiger partial charge is 0.248 e. The molecule has 1 heterocycles. The Hall–Kier alpha value is -3.47. The molecule has 0 fully saturated rings. The molecule has 3 aromatic rings. The normalized spacial score (nSPS) is 10.8. The van der Waals surface area contributed by atoms with Crippen molar-refractivity contribution in [1.82, 2.24) is 4.98 Å². The number of benzene rings is 2. The summed E-state index contributed by atoms with van der Waals surface area (Å²) in [5.41, 5.74) is 3.43. The minimum atomic E-state index is -0.518. The predicted molar refractivity (Wildman–Crippen MR) is 104 cm³/mol. The topological polar surface area (TPSA) is 51.2 Å². The van der Waals surface area contributed by atoms with Crippen molar-refractivity contribution in [3.8, 4) is 11.5 Å². The minimum absolute atomic E-state index is 0.0972. The number of hydrogen-bond acceptors (Lipinski definition) is 3. The van der Waals surface area contributed by atoms with Crippen molar-refractivity contribution in [2.45, 2.75) is 13.8 Å². The Morgan fingerprint density at radius 1 is 1.15 bits per heavy atom. The molecule has 0 radical (unpaired) electrons. The minimum Gasteiger partial charge on any atom is -0.453 e. The molecular formula is C22H19FN2O2. The highest BCUT2D eigenvalue weighted by molar-refractivity contribution is 6.02. The van der Waals surface area contributed by atoms with Gasteiger partial charge >= 0.3 is 0 Å². The fraction of sp³-hybridized carbons (Fsp3) is 0.0909. The summed E-state index contributed by atoms with van der Waals surface area (Å²) in [7, 11) is 0. The summed E-state index contributed by atoms with van der Waals surface area (Å²) in [4.78, 5) is 16.0. The first kappa shape index (κ1) is 18.3. The number of aromatic nitrogens is 1. The second kappa shape index (κ2) is 8.27. The van der Waals surface area contributed by atoms with E-state index in [1.165, 1.54) is 24.4 Å². The summed E-state index contributed by atoms with van der Waals surface area (Å²) in [5.74, 6) is -0.247. The average Bonchev–Trinajstić information content (AvgIpc) is 2.67. The Balaban J connectivity index is 1.67. The SMILES string of the molecule is Cc1cccc(NC(=O)/C=C/c2ccc(Oc3cccnc3)c(F)c2)c1C. The first-order valence-electron chi connectivity index (χ1n) is 8.45. The van der Waals surface area contributed by atoms with Crippen LogP contribution in [0.4, 0.5) is 10.1 Å². The Morgan fingerprint density at radius 3 is 2.74 bits per heavy atom. The molecule has 0 saturated carbocycles. The molecule has 1 amide bonds. The lowest BCUT2D eigenvalue weighted by molar-refractivity contribution is -0.111. The summed E-state index contributed by atoms with van der Waals surface area (Å²) in [5, 5.41) is 2.83. The van der Waals surface area contributed by atoms with Crippen LogP contribution in [0.15, 0.2) is 67.0 Å². The number of nitrogens with zero attached hydrogens (tertiary/aromatic N) is 1. The van der Waals surface area contributed by atoms with Crippen LogP contribution in [0.3, 0.4) is 0 Å². The standard InChI is InChI=1S/C22H19FN2O2/c1-15-5-3-7-20(16(15)2)25-22(26)11-9-17-8-10-21(19(23)13-17)27-18-6-4-12-24-14-18/h3-14H,1-2H3,(H,25,26)/b11-9+. The number of ether oxygens (including phenoxy) is 1. The zero-order valence-electron chi connectivity index (χ0n) is 15.1.